The highest BCUT2D eigenvalue weighted by molar-refractivity contribution is 5.70. The van der Waals surface area contributed by atoms with Crippen LogP contribution in [0.2, 0.25) is 0 Å². The van der Waals surface area contributed by atoms with Crippen molar-refractivity contribution in [1.29, 1.82) is 0 Å². The van der Waals surface area contributed by atoms with Gasteiger partial charge in [0.15, 0.2) is 0 Å². The van der Waals surface area contributed by atoms with Crippen molar-refractivity contribution in [3.8, 4) is 0 Å². The first-order chi connectivity index (χ1) is 7.76. The van der Waals surface area contributed by atoms with Crippen LogP contribution in [-0.4, -0.2) is 38.0 Å². The van der Waals surface area contributed by atoms with E-state index < -0.39 is 0 Å². The molecule has 1 aliphatic rings. The van der Waals surface area contributed by atoms with E-state index in [0.717, 1.165) is 32.3 Å². The van der Waals surface area contributed by atoms with Crippen molar-refractivity contribution < 1.29 is 19.0 Å². The van der Waals surface area contributed by atoms with Crippen LogP contribution < -0.4 is 0 Å². The van der Waals surface area contributed by atoms with Crippen molar-refractivity contribution in [3.05, 3.63) is 0 Å². The Labute approximate surface area is 97.2 Å². The van der Waals surface area contributed by atoms with Gasteiger partial charge < -0.3 is 14.2 Å². The van der Waals surface area contributed by atoms with Crippen LogP contribution in [0.1, 0.15) is 39.5 Å². The van der Waals surface area contributed by atoms with E-state index in [4.69, 9.17) is 14.2 Å². The van der Waals surface area contributed by atoms with Gasteiger partial charge in [0.05, 0.1) is 18.8 Å². The lowest BCUT2D eigenvalue weighted by molar-refractivity contribution is -0.157. The summed E-state index contributed by atoms with van der Waals surface area (Å²) in [5.74, 6) is -0.280. The average Bonchev–Trinajstić information content (AvgIpc) is 2.20. The molecule has 1 rings (SSSR count). The van der Waals surface area contributed by atoms with E-state index in [9.17, 15) is 4.79 Å². The monoisotopic (exact) mass is 230 g/mol. The van der Waals surface area contributed by atoms with Gasteiger partial charge in [-0.15, -0.1) is 0 Å². The molecule has 94 valence electrons. The van der Waals surface area contributed by atoms with Crippen molar-refractivity contribution in [1.82, 2.24) is 0 Å². The number of hydrogen-bond donors (Lipinski definition) is 0. The van der Waals surface area contributed by atoms with E-state index >= 15 is 0 Å². The first-order valence-corrected chi connectivity index (χ1v) is 6.15. The zero-order valence-corrected chi connectivity index (χ0v) is 10.2. The van der Waals surface area contributed by atoms with Crippen LogP contribution in [0, 0.1) is 0 Å². The number of esters is 1. The summed E-state index contributed by atoms with van der Waals surface area (Å²) in [5, 5.41) is 0. The van der Waals surface area contributed by atoms with E-state index in [0.29, 0.717) is 12.7 Å². The number of hydrogen-bond acceptors (Lipinski definition) is 4. The second-order valence-electron chi connectivity index (χ2n) is 4.06. The van der Waals surface area contributed by atoms with Crippen molar-refractivity contribution in [2.75, 3.05) is 19.8 Å². The largest absolute Gasteiger partial charge is 0.464 e. The second kappa shape index (κ2) is 7.63. The highest BCUT2D eigenvalue weighted by Gasteiger charge is 2.30. The van der Waals surface area contributed by atoms with E-state index in [1.54, 1.807) is 6.92 Å². The molecule has 16 heavy (non-hydrogen) atoms. The molecule has 0 saturated heterocycles. The van der Waals surface area contributed by atoms with Gasteiger partial charge in [-0.2, -0.15) is 0 Å². The highest BCUT2D eigenvalue weighted by Crippen LogP contribution is 2.26. The van der Waals surface area contributed by atoms with Gasteiger partial charge in [-0.25, -0.2) is 4.79 Å². The summed E-state index contributed by atoms with van der Waals surface area (Å²) in [6, 6.07) is 0. The minimum absolute atomic E-state index is 0.0696. The molecule has 0 aromatic rings. The van der Waals surface area contributed by atoms with Crippen molar-refractivity contribution >= 4 is 5.97 Å². The third-order valence-electron chi connectivity index (χ3n) is 2.65. The van der Waals surface area contributed by atoms with Gasteiger partial charge in [-0.1, -0.05) is 13.3 Å². The molecule has 4 nitrogen and oxygen atoms in total. The highest BCUT2D eigenvalue weighted by atomic mass is 16.6. The fourth-order valence-corrected chi connectivity index (χ4v) is 1.57. The van der Waals surface area contributed by atoms with Crippen LogP contribution in [0.25, 0.3) is 0 Å². The Bertz CT molecular complexity index is 199. The molecule has 0 N–H and O–H groups in total. The Balaban J connectivity index is 1.93. The van der Waals surface area contributed by atoms with Gasteiger partial charge in [0, 0.05) is 6.61 Å². The smallest absolute Gasteiger partial charge is 0.332 e. The maximum absolute atomic E-state index is 11.0. The van der Waals surface area contributed by atoms with Crippen molar-refractivity contribution in [2.45, 2.75) is 51.7 Å². The van der Waals surface area contributed by atoms with Gasteiger partial charge in [-0.05, 0) is 26.2 Å². The molecule has 0 amide bonds. The Morgan fingerprint density at radius 3 is 2.50 bits per heavy atom. The third kappa shape index (κ3) is 4.94. The summed E-state index contributed by atoms with van der Waals surface area (Å²) >= 11 is 0. The summed E-state index contributed by atoms with van der Waals surface area (Å²) < 4.78 is 15.8. The number of carbonyl (C=O) groups is 1. The molecule has 1 fully saturated rings. The zero-order chi connectivity index (χ0) is 11.8. The van der Waals surface area contributed by atoms with Crippen molar-refractivity contribution in [2.24, 2.45) is 0 Å². The van der Waals surface area contributed by atoms with Crippen LogP contribution in [0.4, 0.5) is 0 Å². The molecule has 1 saturated carbocycles. The van der Waals surface area contributed by atoms with Crippen LogP contribution in [-0.2, 0) is 19.0 Å². The van der Waals surface area contributed by atoms with E-state index in [1.807, 2.05) is 0 Å². The minimum atomic E-state index is -0.280. The molecule has 0 bridgehead atoms. The predicted octanol–water partition coefficient (Wildman–Crippen LogP) is 1.91. The van der Waals surface area contributed by atoms with E-state index in [-0.39, 0.29) is 18.7 Å². The number of carbonyl (C=O) groups excluding carboxylic acids is 1. The van der Waals surface area contributed by atoms with Gasteiger partial charge in [-0.3, -0.25) is 0 Å². The lowest BCUT2D eigenvalue weighted by atomic mass is 9.92. The molecule has 0 spiro atoms. The second-order valence-corrected chi connectivity index (χ2v) is 4.06. The third-order valence-corrected chi connectivity index (χ3v) is 2.65. The SMILES string of the molecule is CCCCOC1CC(OCC(=O)OCC)C1. The Morgan fingerprint density at radius 2 is 1.88 bits per heavy atom. The lowest BCUT2D eigenvalue weighted by Gasteiger charge is -2.34. The summed E-state index contributed by atoms with van der Waals surface area (Å²) in [4.78, 5) is 11.0. The van der Waals surface area contributed by atoms with Crippen LogP contribution >= 0.6 is 0 Å². The van der Waals surface area contributed by atoms with E-state index in [2.05, 4.69) is 6.92 Å². The minimum Gasteiger partial charge on any atom is -0.464 e. The first kappa shape index (κ1) is 13.5. The number of unbranched alkanes of at least 4 members (excludes halogenated alkanes) is 1. The normalized spacial score (nSPS) is 23.9. The maximum Gasteiger partial charge on any atom is 0.332 e. The average molecular weight is 230 g/mol. The van der Waals surface area contributed by atoms with Gasteiger partial charge in [0.2, 0.25) is 0 Å². The maximum atomic E-state index is 11.0. The summed E-state index contributed by atoms with van der Waals surface area (Å²) in [6.45, 7) is 5.26. The molecule has 0 aromatic heterocycles. The van der Waals surface area contributed by atoms with Crippen LogP contribution in [0.5, 0.6) is 0 Å². The first-order valence-electron chi connectivity index (χ1n) is 6.15. The quantitative estimate of drug-likeness (QED) is 0.472. The van der Waals surface area contributed by atoms with Crippen LogP contribution in [0.15, 0.2) is 0 Å². The Morgan fingerprint density at radius 1 is 1.19 bits per heavy atom. The molecule has 1 aliphatic carbocycles. The van der Waals surface area contributed by atoms with Gasteiger partial charge in [0.1, 0.15) is 6.61 Å². The Kier molecular flexibility index (Phi) is 6.42. The molecule has 0 heterocycles. The van der Waals surface area contributed by atoms with E-state index in [1.165, 1.54) is 0 Å². The molecule has 0 aliphatic heterocycles. The Hall–Kier alpha value is -0.610. The molecule has 0 atom stereocenters. The lowest BCUT2D eigenvalue weighted by Crippen LogP contribution is -2.38. The molecule has 0 radical (unpaired) electrons. The number of rotatable bonds is 8. The standard InChI is InChI=1S/C12H22O4/c1-3-5-6-15-10-7-11(8-10)16-9-12(13)14-4-2/h10-11H,3-9H2,1-2H3. The van der Waals surface area contributed by atoms with Crippen molar-refractivity contribution in [3.63, 3.8) is 0 Å². The predicted molar refractivity (Wildman–Crippen MR) is 60.3 cm³/mol. The summed E-state index contributed by atoms with van der Waals surface area (Å²) in [6.07, 6.45) is 4.60. The van der Waals surface area contributed by atoms with Gasteiger partial charge >= 0.3 is 5.97 Å². The summed E-state index contributed by atoms with van der Waals surface area (Å²) in [7, 11) is 0. The molecule has 4 heteroatoms. The molecular formula is C12H22O4. The number of ether oxygens (including phenoxy) is 3. The zero-order valence-electron chi connectivity index (χ0n) is 10.2. The van der Waals surface area contributed by atoms with Gasteiger partial charge in [0.25, 0.3) is 0 Å². The fourth-order valence-electron chi connectivity index (χ4n) is 1.57. The van der Waals surface area contributed by atoms with Crippen LogP contribution in [0.3, 0.4) is 0 Å². The molecule has 0 aromatic carbocycles. The fraction of sp³-hybridized carbons (Fsp3) is 0.917. The molecule has 0 unspecified atom stereocenters. The topological polar surface area (TPSA) is 44.8 Å². The molecular weight excluding hydrogens is 208 g/mol. The summed E-state index contributed by atoms with van der Waals surface area (Å²) in [5.41, 5.74) is 0.